The minimum atomic E-state index is -0.0829. The molecule has 0 aliphatic rings. The van der Waals surface area contributed by atoms with Gasteiger partial charge in [0.2, 0.25) is 0 Å². The van der Waals surface area contributed by atoms with E-state index in [1.807, 2.05) is 18.2 Å². The zero-order valence-corrected chi connectivity index (χ0v) is 8.92. The maximum atomic E-state index is 11.4. The molecule has 1 aromatic carbocycles. The monoisotopic (exact) mass is 216 g/mol. The molecule has 1 aromatic heterocycles. The lowest BCUT2D eigenvalue weighted by atomic mass is 10.1. The second kappa shape index (κ2) is 4.57. The van der Waals surface area contributed by atoms with E-state index in [4.69, 9.17) is 0 Å². The minimum Gasteiger partial charge on any atom is -0.355 e. The highest BCUT2D eigenvalue weighted by atomic mass is 16.1. The molecule has 0 spiro atoms. The van der Waals surface area contributed by atoms with Gasteiger partial charge in [-0.05, 0) is 17.7 Å². The summed E-state index contributed by atoms with van der Waals surface area (Å²) >= 11 is 0. The Morgan fingerprint density at radius 3 is 3.06 bits per heavy atom. The number of hydrogen-bond acceptors (Lipinski definition) is 3. The third-order valence-electron chi connectivity index (χ3n) is 2.23. The average Bonchev–Trinajstić information content (AvgIpc) is 2.81. The lowest BCUT2D eigenvalue weighted by Gasteiger charge is -2.04. The van der Waals surface area contributed by atoms with Crippen LogP contribution in [-0.4, -0.2) is 27.9 Å². The summed E-state index contributed by atoms with van der Waals surface area (Å²) in [5, 5.41) is 10.2. The molecule has 0 unspecified atom stereocenters. The Bertz CT molecular complexity index is 478. The van der Waals surface area contributed by atoms with E-state index in [1.54, 1.807) is 30.2 Å². The van der Waals surface area contributed by atoms with Crippen molar-refractivity contribution in [3.05, 3.63) is 47.8 Å². The van der Waals surface area contributed by atoms with Crippen LogP contribution in [0.1, 0.15) is 15.9 Å². The summed E-state index contributed by atoms with van der Waals surface area (Å²) in [6.45, 7) is 0.616. The highest BCUT2D eigenvalue weighted by Gasteiger charge is 2.03. The molecule has 5 nitrogen and oxygen atoms in total. The first-order valence-electron chi connectivity index (χ1n) is 4.95. The maximum absolute atomic E-state index is 11.4. The van der Waals surface area contributed by atoms with Gasteiger partial charge in [0.05, 0.1) is 12.7 Å². The fourth-order valence-electron chi connectivity index (χ4n) is 1.46. The van der Waals surface area contributed by atoms with Crippen LogP contribution in [0.5, 0.6) is 0 Å². The van der Waals surface area contributed by atoms with Crippen LogP contribution in [0.15, 0.2) is 36.7 Å². The van der Waals surface area contributed by atoms with Gasteiger partial charge in [0, 0.05) is 18.8 Å². The molecule has 0 saturated carbocycles. The molecule has 0 bridgehead atoms. The zero-order chi connectivity index (χ0) is 11.4. The fraction of sp³-hybridized carbons (Fsp3) is 0.182. The first-order chi connectivity index (χ1) is 7.79. The van der Waals surface area contributed by atoms with Crippen LogP contribution < -0.4 is 5.32 Å². The van der Waals surface area contributed by atoms with E-state index in [2.05, 4.69) is 15.6 Å². The molecule has 2 aromatic rings. The molecule has 0 aliphatic carbocycles. The Hall–Kier alpha value is -2.17. The molecule has 0 atom stereocenters. The molecule has 16 heavy (non-hydrogen) atoms. The quantitative estimate of drug-likeness (QED) is 0.821. The SMILES string of the molecule is CNC(=O)c1cccc(Cn2ccnn2)c1. The van der Waals surface area contributed by atoms with Gasteiger partial charge in [-0.25, -0.2) is 4.68 Å². The van der Waals surface area contributed by atoms with Gasteiger partial charge >= 0.3 is 0 Å². The summed E-state index contributed by atoms with van der Waals surface area (Å²) in [7, 11) is 1.62. The Balaban J connectivity index is 2.19. The number of amides is 1. The highest BCUT2D eigenvalue weighted by Crippen LogP contribution is 2.06. The molecule has 82 valence electrons. The number of nitrogens with zero attached hydrogens (tertiary/aromatic N) is 3. The van der Waals surface area contributed by atoms with E-state index in [0.29, 0.717) is 12.1 Å². The van der Waals surface area contributed by atoms with Crippen molar-refractivity contribution in [2.75, 3.05) is 7.05 Å². The van der Waals surface area contributed by atoms with Gasteiger partial charge in [0.1, 0.15) is 0 Å². The van der Waals surface area contributed by atoms with Gasteiger partial charge in [-0.2, -0.15) is 0 Å². The van der Waals surface area contributed by atoms with E-state index in [0.717, 1.165) is 5.56 Å². The number of nitrogens with one attached hydrogen (secondary N) is 1. The van der Waals surface area contributed by atoms with Gasteiger partial charge in [-0.1, -0.05) is 17.3 Å². The summed E-state index contributed by atoms with van der Waals surface area (Å²) in [5.74, 6) is -0.0829. The van der Waals surface area contributed by atoms with Crippen LogP contribution in [0.3, 0.4) is 0 Å². The van der Waals surface area contributed by atoms with Crippen molar-refractivity contribution in [3.8, 4) is 0 Å². The van der Waals surface area contributed by atoms with Gasteiger partial charge < -0.3 is 5.32 Å². The predicted octanol–water partition coefficient (Wildman–Crippen LogP) is 0.686. The van der Waals surface area contributed by atoms with Crippen LogP contribution in [0.25, 0.3) is 0 Å². The molecule has 0 radical (unpaired) electrons. The number of carbonyl (C=O) groups is 1. The number of hydrogen-bond donors (Lipinski definition) is 1. The van der Waals surface area contributed by atoms with Crippen molar-refractivity contribution in [2.24, 2.45) is 0 Å². The van der Waals surface area contributed by atoms with Gasteiger partial charge in [-0.3, -0.25) is 4.79 Å². The van der Waals surface area contributed by atoms with Crippen LogP contribution >= 0.6 is 0 Å². The van der Waals surface area contributed by atoms with E-state index in [9.17, 15) is 4.79 Å². The Labute approximate surface area is 93.1 Å². The molecule has 1 heterocycles. The van der Waals surface area contributed by atoms with E-state index in [1.165, 1.54) is 0 Å². The second-order valence-corrected chi connectivity index (χ2v) is 3.38. The summed E-state index contributed by atoms with van der Waals surface area (Å²) in [4.78, 5) is 11.4. The summed E-state index contributed by atoms with van der Waals surface area (Å²) < 4.78 is 1.71. The Kier molecular flexibility index (Phi) is 2.95. The smallest absolute Gasteiger partial charge is 0.251 e. The lowest BCUT2D eigenvalue weighted by Crippen LogP contribution is -2.18. The molecule has 1 N–H and O–H groups in total. The topological polar surface area (TPSA) is 59.8 Å². The first-order valence-corrected chi connectivity index (χ1v) is 4.95. The van der Waals surface area contributed by atoms with Gasteiger partial charge in [0.15, 0.2) is 0 Å². The largest absolute Gasteiger partial charge is 0.355 e. The molecular formula is C11H12N4O. The number of aromatic nitrogens is 3. The molecule has 2 rings (SSSR count). The number of rotatable bonds is 3. The van der Waals surface area contributed by atoms with Crippen LogP contribution in [-0.2, 0) is 6.54 Å². The second-order valence-electron chi connectivity index (χ2n) is 3.38. The van der Waals surface area contributed by atoms with Crippen LogP contribution in [0, 0.1) is 0 Å². The van der Waals surface area contributed by atoms with Crippen molar-refractivity contribution in [1.29, 1.82) is 0 Å². The molecule has 1 amide bonds. The van der Waals surface area contributed by atoms with Crippen molar-refractivity contribution in [1.82, 2.24) is 20.3 Å². The van der Waals surface area contributed by atoms with Crippen molar-refractivity contribution in [2.45, 2.75) is 6.54 Å². The Morgan fingerprint density at radius 1 is 1.50 bits per heavy atom. The summed E-state index contributed by atoms with van der Waals surface area (Å²) in [5.41, 5.74) is 1.67. The Morgan fingerprint density at radius 2 is 2.38 bits per heavy atom. The van der Waals surface area contributed by atoms with Crippen molar-refractivity contribution < 1.29 is 4.79 Å². The van der Waals surface area contributed by atoms with Gasteiger partial charge in [0.25, 0.3) is 5.91 Å². The predicted molar refractivity (Wildman–Crippen MR) is 59.0 cm³/mol. The van der Waals surface area contributed by atoms with Crippen molar-refractivity contribution in [3.63, 3.8) is 0 Å². The van der Waals surface area contributed by atoms with Crippen molar-refractivity contribution >= 4 is 5.91 Å². The third kappa shape index (κ3) is 2.25. The van der Waals surface area contributed by atoms with Gasteiger partial charge in [-0.15, -0.1) is 5.10 Å². The van der Waals surface area contributed by atoms with E-state index < -0.39 is 0 Å². The first kappa shape index (κ1) is 10.4. The lowest BCUT2D eigenvalue weighted by molar-refractivity contribution is 0.0963. The third-order valence-corrected chi connectivity index (χ3v) is 2.23. The standard InChI is InChI=1S/C11H12N4O/c1-12-11(16)10-4-2-3-9(7-10)8-15-6-5-13-14-15/h2-7H,8H2,1H3,(H,12,16). The van der Waals surface area contributed by atoms with Crippen LogP contribution in [0.4, 0.5) is 0 Å². The number of benzene rings is 1. The molecular weight excluding hydrogens is 204 g/mol. The maximum Gasteiger partial charge on any atom is 0.251 e. The van der Waals surface area contributed by atoms with E-state index in [-0.39, 0.29) is 5.91 Å². The summed E-state index contributed by atoms with van der Waals surface area (Å²) in [6, 6.07) is 7.44. The zero-order valence-electron chi connectivity index (χ0n) is 8.92. The molecule has 0 saturated heterocycles. The van der Waals surface area contributed by atoms with Crippen LogP contribution in [0.2, 0.25) is 0 Å². The summed E-state index contributed by atoms with van der Waals surface area (Å²) in [6.07, 6.45) is 3.41. The minimum absolute atomic E-state index is 0.0829. The fourth-order valence-corrected chi connectivity index (χ4v) is 1.46. The average molecular weight is 216 g/mol. The highest BCUT2D eigenvalue weighted by molar-refractivity contribution is 5.94. The molecule has 5 heteroatoms. The van der Waals surface area contributed by atoms with E-state index >= 15 is 0 Å². The molecule has 0 aliphatic heterocycles. The normalized spacial score (nSPS) is 10.1. The number of carbonyl (C=O) groups excluding carboxylic acids is 1. The molecule has 0 fully saturated rings.